The molecule has 0 aliphatic heterocycles. The standard InChI is InChI=1S/C13H12N3O5S.C2H6O.Pb/c17-8-13(4-1-2-5-13)11-9-3-6-15(22(20)21)12(9)14-7-10(11)16(18)19;1-3-2;/h3,6-8H,1-2,4-5H2;1-2H3;/q-1;;. The molecule has 0 amide bonds. The Hall–Kier alpha value is -1.41. The maximum atomic E-state index is 11.7. The molecule has 2 aromatic rings. The number of nitrogens with zero attached hydrogens (tertiary/aromatic N) is 3. The van der Waals surface area contributed by atoms with Crippen LogP contribution >= 0.6 is 0 Å². The molecule has 0 atom stereocenters. The van der Waals surface area contributed by atoms with Crippen LogP contribution in [0.1, 0.15) is 31.2 Å². The van der Waals surface area contributed by atoms with E-state index in [1.165, 1.54) is 12.3 Å². The molecule has 0 aromatic carbocycles. The summed E-state index contributed by atoms with van der Waals surface area (Å²) in [6.45, 7) is 0. The van der Waals surface area contributed by atoms with E-state index >= 15 is 0 Å². The maximum Gasteiger partial charge on any atom is 0.292 e. The smallest absolute Gasteiger partial charge is 0.292 e. The fourth-order valence-corrected chi connectivity index (χ4v) is 3.71. The number of fused-ring (bicyclic) bond motifs is 1. The van der Waals surface area contributed by atoms with E-state index in [2.05, 4.69) is 9.72 Å². The molecule has 4 radical (unpaired) electrons. The molecule has 0 unspecified atom stereocenters. The van der Waals surface area contributed by atoms with Gasteiger partial charge < -0.3 is 21.9 Å². The minimum Gasteiger partial charge on any atom is -0.403 e. The average molecular weight is 576 g/mol. The van der Waals surface area contributed by atoms with Gasteiger partial charge in [-0.25, -0.2) is 4.98 Å². The Kier molecular flexibility index (Phi) is 8.27. The van der Waals surface area contributed by atoms with Crippen molar-refractivity contribution in [2.45, 2.75) is 31.1 Å². The van der Waals surface area contributed by atoms with E-state index in [-0.39, 0.29) is 44.2 Å². The van der Waals surface area contributed by atoms with Gasteiger partial charge in [0, 0.05) is 57.8 Å². The zero-order valence-electron chi connectivity index (χ0n) is 14.3. The van der Waals surface area contributed by atoms with Crippen LogP contribution in [0, 0.1) is 10.1 Å². The zero-order chi connectivity index (χ0) is 18.6. The molecule has 2 heterocycles. The monoisotopic (exact) mass is 576 g/mol. The van der Waals surface area contributed by atoms with Crippen molar-refractivity contribution in [3.8, 4) is 0 Å². The normalized spacial score (nSPS) is 15.2. The number of hydrogen-bond donors (Lipinski definition) is 0. The van der Waals surface area contributed by atoms with Gasteiger partial charge in [-0.15, -0.1) is 0 Å². The molecule has 140 valence electrons. The Morgan fingerprint density at radius 1 is 1.35 bits per heavy atom. The number of aldehydes is 1. The third kappa shape index (κ3) is 4.12. The Morgan fingerprint density at radius 2 is 1.92 bits per heavy atom. The first kappa shape index (κ1) is 22.6. The molecule has 1 aliphatic carbocycles. The predicted octanol–water partition coefficient (Wildman–Crippen LogP) is 1.91. The van der Waals surface area contributed by atoms with E-state index in [1.54, 1.807) is 14.2 Å². The SMILES string of the molecule is COC.O=CC1(c2c([N+](=O)[O-])cnc3c2ccn3[S-](=O)=O)CCCC1.[Pb]. The molecule has 3 rings (SSSR count). The molecule has 1 fully saturated rings. The third-order valence-electron chi connectivity index (χ3n) is 4.24. The van der Waals surface area contributed by atoms with Gasteiger partial charge in [-0.2, -0.15) is 0 Å². The number of hydrogen-bond acceptors (Lipinski definition) is 8. The number of rotatable bonds is 4. The first-order valence-corrected chi connectivity index (χ1v) is 8.56. The Bertz CT molecular complexity index is 866. The molecule has 2 aromatic heterocycles. The topological polar surface area (TPSA) is 121 Å². The van der Waals surface area contributed by atoms with Crippen LogP contribution < -0.4 is 0 Å². The second-order valence-electron chi connectivity index (χ2n) is 5.76. The molecule has 0 bridgehead atoms. The summed E-state index contributed by atoms with van der Waals surface area (Å²) in [6, 6.07) is 1.46. The molecule has 1 aliphatic rings. The van der Waals surface area contributed by atoms with Crippen LogP contribution in [0.3, 0.4) is 0 Å². The van der Waals surface area contributed by atoms with Gasteiger partial charge in [-0.3, -0.25) is 10.1 Å². The summed E-state index contributed by atoms with van der Waals surface area (Å²) in [7, 11) is 0.681. The Morgan fingerprint density at radius 3 is 2.38 bits per heavy atom. The average Bonchev–Trinajstić information content (AvgIpc) is 3.22. The van der Waals surface area contributed by atoms with Gasteiger partial charge in [-0.1, -0.05) is 12.8 Å². The quantitative estimate of drug-likeness (QED) is 0.180. The van der Waals surface area contributed by atoms with Crippen molar-refractivity contribution < 1.29 is 22.9 Å². The minimum atomic E-state index is -2.57. The van der Waals surface area contributed by atoms with Crippen LogP contribution in [-0.2, 0) is 34.3 Å². The van der Waals surface area contributed by atoms with Crippen molar-refractivity contribution >= 4 is 61.2 Å². The summed E-state index contributed by atoms with van der Waals surface area (Å²) in [5.74, 6) is 0. The van der Waals surface area contributed by atoms with Crippen molar-refractivity contribution in [1.29, 1.82) is 0 Å². The van der Waals surface area contributed by atoms with E-state index in [9.17, 15) is 23.3 Å². The molecular formula is C15H18N3O6PbS-. The Balaban J connectivity index is 0.000000791. The van der Waals surface area contributed by atoms with Gasteiger partial charge in [0.2, 0.25) is 0 Å². The van der Waals surface area contributed by atoms with Crippen LogP contribution in [0.15, 0.2) is 18.5 Å². The number of pyridine rings is 1. The number of carbonyl (C=O) groups excluding carboxylic acids is 1. The summed E-state index contributed by atoms with van der Waals surface area (Å²) < 4.78 is 27.5. The van der Waals surface area contributed by atoms with Gasteiger partial charge in [0.1, 0.15) is 18.1 Å². The van der Waals surface area contributed by atoms with Crippen molar-refractivity contribution in [3.63, 3.8) is 0 Å². The first-order chi connectivity index (χ1) is 11.9. The predicted molar refractivity (Wildman–Crippen MR) is 95.4 cm³/mol. The van der Waals surface area contributed by atoms with E-state index in [0.29, 0.717) is 18.2 Å². The fourth-order valence-electron chi connectivity index (χ4n) is 3.27. The van der Waals surface area contributed by atoms with Crippen LogP contribution in [0.5, 0.6) is 0 Å². The number of carbonyl (C=O) groups is 1. The first-order valence-electron chi connectivity index (χ1n) is 7.53. The molecular weight excluding hydrogens is 557 g/mol. The van der Waals surface area contributed by atoms with Crippen molar-refractivity contribution in [2.24, 2.45) is 0 Å². The fraction of sp³-hybridized carbons (Fsp3) is 0.467. The van der Waals surface area contributed by atoms with Crippen LogP contribution in [-0.4, -0.2) is 61.7 Å². The minimum absolute atomic E-state index is 0. The summed E-state index contributed by atoms with van der Waals surface area (Å²) in [6.07, 6.45) is 5.70. The van der Waals surface area contributed by atoms with Crippen LogP contribution in [0.25, 0.3) is 11.0 Å². The van der Waals surface area contributed by atoms with Crippen molar-refractivity contribution in [3.05, 3.63) is 34.1 Å². The number of nitro groups is 1. The largest absolute Gasteiger partial charge is 0.403 e. The molecule has 1 saturated carbocycles. The summed E-state index contributed by atoms with van der Waals surface area (Å²) >= 11 is 0. The van der Waals surface area contributed by atoms with Crippen molar-refractivity contribution in [2.75, 3.05) is 14.2 Å². The number of ether oxygens (including phenoxy) is 1. The van der Waals surface area contributed by atoms with E-state index in [4.69, 9.17) is 0 Å². The van der Waals surface area contributed by atoms with Crippen LogP contribution in [0.4, 0.5) is 5.69 Å². The summed E-state index contributed by atoms with van der Waals surface area (Å²) in [5, 5.41) is 11.7. The van der Waals surface area contributed by atoms with E-state index in [1.807, 2.05) is 0 Å². The maximum absolute atomic E-state index is 11.7. The van der Waals surface area contributed by atoms with E-state index in [0.717, 1.165) is 29.3 Å². The summed E-state index contributed by atoms with van der Waals surface area (Å²) in [5.41, 5.74) is -0.808. The summed E-state index contributed by atoms with van der Waals surface area (Å²) in [4.78, 5) is 26.4. The molecule has 0 spiro atoms. The van der Waals surface area contributed by atoms with Crippen LogP contribution in [0.2, 0.25) is 0 Å². The Labute approximate surface area is 172 Å². The third-order valence-corrected chi connectivity index (χ3v) is 4.85. The van der Waals surface area contributed by atoms with E-state index < -0.39 is 21.2 Å². The second-order valence-corrected chi connectivity index (χ2v) is 6.59. The molecule has 26 heavy (non-hydrogen) atoms. The number of aromatic nitrogens is 2. The second kappa shape index (κ2) is 9.51. The molecule has 11 heteroatoms. The van der Waals surface area contributed by atoms with Crippen molar-refractivity contribution in [1.82, 2.24) is 8.96 Å². The van der Waals surface area contributed by atoms with Gasteiger partial charge >= 0.3 is 0 Å². The molecule has 9 nitrogen and oxygen atoms in total. The number of methoxy groups -OCH3 is 1. The molecule has 0 N–H and O–H groups in total. The molecule has 0 saturated heterocycles. The zero-order valence-corrected chi connectivity index (χ0v) is 19.0. The van der Waals surface area contributed by atoms with Gasteiger partial charge in [0.25, 0.3) is 5.69 Å². The van der Waals surface area contributed by atoms with Gasteiger partial charge in [-0.05, 0) is 25.1 Å². The van der Waals surface area contributed by atoms with Gasteiger partial charge in [0.15, 0.2) is 0 Å². The van der Waals surface area contributed by atoms with Gasteiger partial charge in [0.05, 0.1) is 15.9 Å².